The summed E-state index contributed by atoms with van der Waals surface area (Å²) >= 11 is 0. The van der Waals surface area contributed by atoms with E-state index in [0.29, 0.717) is 54.8 Å². The van der Waals surface area contributed by atoms with Gasteiger partial charge >= 0.3 is 12.1 Å². The van der Waals surface area contributed by atoms with Crippen molar-refractivity contribution in [3.63, 3.8) is 0 Å². The van der Waals surface area contributed by atoms with Crippen LogP contribution in [0, 0.1) is 6.92 Å². The molecule has 0 spiro atoms. The van der Waals surface area contributed by atoms with Crippen LogP contribution in [0.25, 0.3) is 11.0 Å². The summed E-state index contributed by atoms with van der Waals surface area (Å²) in [6.45, 7) is 9.14. The summed E-state index contributed by atoms with van der Waals surface area (Å²) in [7, 11) is -4.12. The first-order valence-electron chi connectivity index (χ1n) is 14.5. The van der Waals surface area contributed by atoms with Crippen molar-refractivity contribution in [1.82, 2.24) is 4.90 Å². The summed E-state index contributed by atoms with van der Waals surface area (Å²) in [5.41, 5.74) is 2.32. The Morgan fingerprint density at radius 2 is 1.61 bits per heavy atom. The molecule has 1 amide bonds. The molecule has 1 aliphatic rings. The minimum atomic E-state index is -4.12. The summed E-state index contributed by atoms with van der Waals surface area (Å²) in [6.07, 6.45) is 0.102. The second-order valence-corrected chi connectivity index (χ2v) is 13.6. The molecule has 1 aliphatic heterocycles. The van der Waals surface area contributed by atoms with E-state index in [1.165, 1.54) is 22.5 Å². The number of carboxylic acid groups (broad SMARTS) is 1. The predicted molar refractivity (Wildman–Crippen MR) is 169 cm³/mol. The minimum absolute atomic E-state index is 0.0310. The quantitative estimate of drug-likeness (QED) is 0.258. The van der Waals surface area contributed by atoms with Crippen molar-refractivity contribution in [2.24, 2.45) is 0 Å². The van der Waals surface area contributed by atoms with Gasteiger partial charge in [-0.3, -0.25) is 4.31 Å². The first-order valence-corrected chi connectivity index (χ1v) is 15.9. The van der Waals surface area contributed by atoms with Gasteiger partial charge in [-0.25, -0.2) is 18.0 Å². The molecule has 5 rings (SSSR count). The van der Waals surface area contributed by atoms with E-state index in [-0.39, 0.29) is 23.3 Å². The molecule has 0 aliphatic carbocycles. The lowest BCUT2D eigenvalue weighted by molar-refractivity contribution is 0.0240. The number of benzene rings is 3. The van der Waals surface area contributed by atoms with Gasteiger partial charge in [0.15, 0.2) is 0 Å². The van der Waals surface area contributed by atoms with Crippen molar-refractivity contribution in [2.45, 2.75) is 44.6 Å². The number of nitrogens with zero attached hydrogens (tertiary/aromatic N) is 3. The normalized spacial score (nSPS) is 14.1. The smallest absolute Gasteiger partial charge is 0.410 e. The maximum atomic E-state index is 14.4. The Morgan fingerprint density at radius 3 is 2.27 bits per heavy atom. The fourth-order valence-electron chi connectivity index (χ4n) is 5.34. The zero-order valence-corrected chi connectivity index (χ0v) is 26.1. The number of carbonyl (C=O) groups excluding carboxylic acids is 1. The number of sulfonamides is 1. The standard InChI is InChI=1S/C33H37N3O7S/c1-23-26-22-25(14-15-29(26)42-30(23)31(37)38)44(40,41)36(17-16-24-10-6-5-7-11-24)28-13-9-8-12-27(28)34-18-20-35(21-19-34)32(39)43-33(2,3)4/h5-15,22H,16-21H2,1-4H3,(H,37,38). The molecule has 232 valence electrons. The van der Waals surface area contributed by atoms with Crippen LogP contribution < -0.4 is 9.21 Å². The van der Waals surface area contributed by atoms with E-state index in [2.05, 4.69) is 4.90 Å². The van der Waals surface area contributed by atoms with Crippen LogP contribution in [-0.2, 0) is 21.2 Å². The van der Waals surface area contributed by atoms with E-state index in [9.17, 15) is 23.1 Å². The topological polar surface area (TPSA) is 121 Å². The Labute approximate surface area is 257 Å². The Kier molecular flexibility index (Phi) is 8.60. The molecule has 44 heavy (non-hydrogen) atoms. The summed E-state index contributed by atoms with van der Waals surface area (Å²) in [5.74, 6) is -1.43. The van der Waals surface area contributed by atoms with Crippen LogP contribution in [0.15, 0.2) is 82.1 Å². The van der Waals surface area contributed by atoms with E-state index < -0.39 is 21.6 Å². The number of hydrogen-bond acceptors (Lipinski definition) is 7. The van der Waals surface area contributed by atoms with E-state index in [1.807, 2.05) is 69.3 Å². The molecule has 3 aromatic carbocycles. The molecular weight excluding hydrogens is 582 g/mol. The summed E-state index contributed by atoms with van der Waals surface area (Å²) in [4.78, 5) is 28.1. The number of anilines is 2. The van der Waals surface area contributed by atoms with Crippen molar-refractivity contribution in [3.05, 3.63) is 89.7 Å². The highest BCUT2D eigenvalue weighted by atomic mass is 32.2. The fourth-order valence-corrected chi connectivity index (χ4v) is 6.84. The van der Waals surface area contributed by atoms with Crippen LogP contribution in [-0.4, -0.2) is 68.8 Å². The highest BCUT2D eigenvalue weighted by Gasteiger charge is 2.31. The zero-order chi connectivity index (χ0) is 31.6. The SMILES string of the molecule is Cc1c(C(=O)O)oc2ccc(S(=O)(=O)N(CCc3ccccc3)c3ccccc3N3CCN(C(=O)OC(C)(C)C)CC3)cc12. The number of carboxylic acids is 1. The predicted octanol–water partition coefficient (Wildman–Crippen LogP) is 5.93. The number of ether oxygens (including phenoxy) is 1. The van der Waals surface area contributed by atoms with Gasteiger partial charge in [-0.1, -0.05) is 42.5 Å². The summed E-state index contributed by atoms with van der Waals surface area (Å²) < 4.78 is 41.3. The lowest BCUT2D eigenvalue weighted by atomic mass is 10.1. The first kappa shape index (κ1) is 30.9. The number of rotatable bonds is 8. The third kappa shape index (κ3) is 6.52. The van der Waals surface area contributed by atoms with Gasteiger partial charge in [-0.2, -0.15) is 0 Å². The van der Waals surface area contributed by atoms with Gasteiger partial charge in [-0.15, -0.1) is 0 Å². The van der Waals surface area contributed by atoms with Gasteiger partial charge in [0.2, 0.25) is 5.76 Å². The van der Waals surface area contributed by atoms with Crippen molar-refractivity contribution in [3.8, 4) is 0 Å². The number of aromatic carboxylic acids is 1. The largest absolute Gasteiger partial charge is 0.475 e. The Balaban J connectivity index is 1.50. The number of carbonyl (C=O) groups is 2. The minimum Gasteiger partial charge on any atom is -0.475 e. The van der Waals surface area contributed by atoms with Gasteiger partial charge in [-0.05, 0) is 70.0 Å². The van der Waals surface area contributed by atoms with Gasteiger partial charge in [0.25, 0.3) is 10.0 Å². The van der Waals surface area contributed by atoms with E-state index in [4.69, 9.17) is 9.15 Å². The fraction of sp³-hybridized carbons (Fsp3) is 0.333. The summed E-state index contributed by atoms with van der Waals surface area (Å²) in [6, 6.07) is 21.5. The van der Waals surface area contributed by atoms with Gasteiger partial charge in [0, 0.05) is 43.7 Å². The van der Waals surface area contributed by atoms with E-state index >= 15 is 0 Å². The molecule has 0 unspecified atom stereocenters. The van der Waals surface area contributed by atoms with Gasteiger partial charge in [0.05, 0.1) is 16.3 Å². The zero-order valence-electron chi connectivity index (χ0n) is 25.3. The molecule has 1 N–H and O–H groups in total. The molecular formula is C33H37N3O7S. The van der Waals surface area contributed by atoms with Crippen molar-refractivity contribution in [1.29, 1.82) is 0 Å². The second-order valence-electron chi connectivity index (χ2n) is 11.8. The van der Waals surface area contributed by atoms with Crippen LogP contribution >= 0.6 is 0 Å². The lowest BCUT2D eigenvalue weighted by Gasteiger charge is -2.38. The highest BCUT2D eigenvalue weighted by Crippen LogP contribution is 2.36. The van der Waals surface area contributed by atoms with Crippen molar-refractivity contribution in [2.75, 3.05) is 41.9 Å². The first-order chi connectivity index (χ1) is 20.8. The molecule has 1 aromatic heterocycles. The number of amides is 1. The van der Waals surface area contributed by atoms with Crippen LogP contribution in [0.4, 0.5) is 16.2 Å². The third-order valence-electron chi connectivity index (χ3n) is 7.56. The Bertz CT molecular complexity index is 1770. The van der Waals surface area contributed by atoms with Crippen LogP contribution in [0.2, 0.25) is 0 Å². The maximum Gasteiger partial charge on any atom is 0.410 e. The third-order valence-corrected chi connectivity index (χ3v) is 9.37. The van der Waals surface area contributed by atoms with Crippen LogP contribution in [0.3, 0.4) is 0 Å². The average Bonchev–Trinajstić information content (AvgIpc) is 3.33. The van der Waals surface area contributed by atoms with Gasteiger partial charge < -0.3 is 24.1 Å². The van der Waals surface area contributed by atoms with Crippen LogP contribution in [0.5, 0.6) is 0 Å². The lowest BCUT2D eigenvalue weighted by Crippen LogP contribution is -2.50. The van der Waals surface area contributed by atoms with E-state index in [0.717, 1.165) is 11.3 Å². The molecule has 1 saturated heterocycles. The summed E-state index contributed by atoms with van der Waals surface area (Å²) in [5, 5.41) is 9.94. The monoisotopic (exact) mass is 619 g/mol. The maximum absolute atomic E-state index is 14.4. The number of fused-ring (bicyclic) bond motifs is 1. The van der Waals surface area contributed by atoms with Crippen LogP contribution in [0.1, 0.15) is 42.5 Å². The molecule has 2 heterocycles. The number of furan rings is 1. The molecule has 4 aromatic rings. The molecule has 0 atom stereocenters. The Morgan fingerprint density at radius 1 is 0.955 bits per heavy atom. The number of hydrogen-bond donors (Lipinski definition) is 1. The van der Waals surface area contributed by atoms with E-state index in [1.54, 1.807) is 17.9 Å². The molecule has 1 fully saturated rings. The second kappa shape index (κ2) is 12.2. The molecule has 0 radical (unpaired) electrons. The molecule has 10 nitrogen and oxygen atoms in total. The molecule has 11 heteroatoms. The van der Waals surface area contributed by atoms with Crippen molar-refractivity contribution >= 4 is 44.4 Å². The number of piperazine rings is 1. The average molecular weight is 620 g/mol. The number of aryl methyl sites for hydroxylation is 1. The van der Waals surface area contributed by atoms with Crippen molar-refractivity contribution < 1.29 is 32.3 Å². The Hall–Kier alpha value is -4.51. The molecule has 0 saturated carbocycles. The number of para-hydroxylation sites is 2. The van der Waals surface area contributed by atoms with Gasteiger partial charge in [0.1, 0.15) is 11.2 Å². The molecule has 0 bridgehead atoms. The highest BCUT2D eigenvalue weighted by molar-refractivity contribution is 7.92.